The number of amides is 1. The van der Waals surface area contributed by atoms with Gasteiger partial charge in [0.05, 0.1) is 13.2 Å². The van der Waals surface area contributed by atoms with E-state index in [2.05, 4.69) is 10.3 Å². The van der Waals surface area contributed by atoms with E-state index in [-0.39, 0.29) is 5.91 Å². The molecular weight excluding hydrogens is 206 g/mol. The normalized spacial score (nSPS) is 11.9. The molecule has 1 rings (SSSR count). The molecule has 0 aliphatic carbocycles. The summed E-state index contributed by atoms with van der Waals surface area (Å²) < 4.78 is 5.02. The summed E-state index contributed by atoms with van der Waals surface area (Å²) in [5.41, 5.74) is 6.24. The van der Waals surface area contributed by atoms with Gasteiger partial charge >= 0.3 is 0 Å². The summed E-state index contributed by atoms with van der Waals surface area (Å²) in [4.78, 5) is 15.6. The Kier molecular flexibility index (Phi) is 4.72. The lowest BCUT2D eigenvalue weighted by molar-refractivity contribution is -0.117. The van der Waals surface area contributed by atoms with Crippen LogP contribution in [-0.4, -0.2) is 24.0 Å². The Morgan fingerprint density at radius 2 is 2.44 bits per heavy atom. The summed E-state index contributed by atoms with van der Waals surface area (Å²) in [6.45, 7) is 1.98. The molecule has 0 bridgehead atoms. The molecule has 16 heavy (non-hydrogen) atoms. The SMILES string of the molecule is CCC[C@@H](N)C(=O)Nc1cccnc1OC. The van der Waals surface area contributed by atoms with Crippen LogP contribution in [0.3, 0.4) is 0 Å². The van der Waals surface area contributed by atoms with E-state index in [1.54, 1.807) is 18.3 Å². The molecule has 0 unspecified atom stereocenters. The highest BCUT2D eigenvalue weighted by molar-refractivity contribution is 5.95. The number of nitrogens with one attached hydrogen (secondary N) is 1. The molecule has 5 nitrogen and oxygen atoms in total. The van der Waals surface area contributed by atoms with Gasteiger partial charge in [-0.05, 0) is 18.6 Å². The smallest absolute Gasteiger partial charge is 0.241 e. The number of pyridine rings is 1. The fraction of sp³-hybridized carbons (Fsp3) is 0.455. The Hall–Kier alpha value is -1.62. The van der Waals surface area contributed by atoms with Gasteiger partial charge in [-0.2, -0.15) is 0 Å². The molecule has 5 heteroatoms. The molecule has 1 aromatic rings. The third kappa shape index (κ3) is 3.20. The molecule has 1 amide bonds. The predicted molar refractivity (Wildman–Crippen MR) is 62.3 cm³/mol. The highest BCUT2D eigenvalue weighted by atomic mass is 16.5. The summed E-state index contributed by atoms with van der Waals surface area (Å²) >= 11 is 0. The van der Waals surface area contributed by atoms with Crippen LogP contribution in [0.5, 0.6) is 5.88 Å². The van der Waals surface area contributed by atoms with Gasteiger partial charge in [-0.15, -0.1) is 0 Å². The average Bonchev–Trinajstić information content (AvgIpc) is 2.30. The maximum absolute atomic E-state index is 11.7. The van der Waals surface area contributed by atoms with Gasteiger partial charge in [-0.25, -0.2) is 4.98 Å². The van der Waals surface area contributed by atoms with E-state index in [0.29, 0.717) is 18.0 Å². The van der Waals surface area contributed by atoms with Crippen LogP contribution in [0.2, 0.25) is 0 Å². The molecule has 0 aromatic carbocycles. The van der Waals surface area contributed by atoms with Crippen LogP contribution in [0, 0.1) is 0 Å². The van der Waals surface area contributed by atoms with Gasteiger partial charge < -0.3 is 15.8 Å². The van der Waals surface area contributed by atoms with E-state index in [0.717, 1.165) is 6.42 Å². The number of carbonyl (C=O) groups is 1. The summed E-state index contributed by atoms with van der Waals surface area (Å²) in [6.07, 6.45) is 3.13. The number of hydrogen-bond acceptors (Lipinski definition) is 4. The van der Waals surface area contributed by atoms with Gasteiger partial charge in [0.25, 0.3) is 0 Å². The number of anilines is 1. The van der Waals surface area contributed by atoms with Crippen molar-refractivity contribution in [3.05, 3.63) is 18.3 Å². The maximum atomic E-state index is 11.7. The van der Waals surface area contributed by atoms with Gasteiger partial charge in [0.1, 0.15) is 5.69 Å². The molecule has 0 saturated heterocycles. The van der Waals surface area contributed by atoms with Crippen LogP contribution in [0.15, 0.2) is 18.3 Å². The topological polar surface area (TPSA) is 77.2 Å². The Morgan fingerprint density at radius 1 is 1.69 bits per heavy atom. The van der Waals surface area contributed by atoms with Crippen molar-refractivity contribution >= 4 is 11.6 Å². The van der Waals surface area contributed by atoms with Gasteiger partial charge in [-0.1, -0.05) is 13.3 Å². The molecule has 1 atom stereocenters. The first-order chi connectivity index (χ1) is 7.69. The monoisotopic (exact) mass is 223 g/mol. The van der Waals surface area contributed by atoms with Crippen LogP contribution in [0.25, 0.3) is 0 Å². The summed E-state index contributed by atoms with van der Waals surface area (Å²) in [6, 6.07) is 2.96. The molecule has 0 aliphatic heterocycles. The Labute approximate surface area is 95.0 Å². The van der Waals surface area contributed by atoms with E-state index in [1.807, 2.05) is 6.92 Å². The van der Waals surface area contributed by atoms with Crippen molar-refractivity contribution in [3.8, 4) is 5.88 Å². The largest absolute Gasteiger partial charge is 0.480 e. The Balaban J connectivity index is 2.69. The van der Waals surface area contributed by atoms with Crippen LogP contribution in [0.1, 0.15) is 19.8 Å². The molecule has 1 heterocycles. The lowest BCUT2D eigenvalue weighted by Crippen LogP contribution is -2.35. The quantitative estimate of drug-likeness (QED) is 0.785. The molecule has 0 radical (unpaired) electrons. The standard InChI is InChI=1S/C11H17N3O2/c1-3-5-8(12)10(15)14-9-6-4-7-13-11(9)16-2/h4,6-8H,3,5,12H2,1-2H3,(H,14,15)/t8-/m1/s1. The van der Waals surface area contributed by atoms with Gasteiger partial charge in [0.2, 0.25) is 11.8 Å². The number of rotatable bonds is 5. The molecular formula is C11H17N3O2. The van der Waals surface area contributed by atoms with E-state index in [4.69, 9.17) is 10.5 Å². The Morgan fingerprint density at radius 3 is 3.06 bits per heavy atom. The molecule has 1 aromatic heterocycles. The molecule has 3 N–H and O–H groups in total. The number of nitrogens with two attached hydrogens (primary N) is 1. The third-order valence-electron chi connectivity index (χ3n) is 2.16. The molecule has 0 saturated carbocycles. The maximum Gasteiger partial charge on any atom is 0.241 e. The summed E-state index contributed by atoms with van der Waals surface area (Å²) in [5, 5.41) is 2.69. The second kappa shape index (κ2) is 6.07. The van der Waals surface area contributed by atoms with Crippen molar-refractivity contribution in [1.82, 2.24) is 4.98 Å². The van der Waals surface area contributed by atoms with Crippen molar-refractivity contribution in [2.45, 2.75) is 25.8 Å². The number of methoxy groups -OCH3 is 1. The van der Waals surface area contributed by atoms with Crippen LogP contribution < -0.4 is 15.8 Å². The van der Waals surface area contributed by atoms with E-state index in [1.165, 1.54) is 7.11 Å². The highest BCUT2D eigenvalue weighted by Gasteiger charge is 2.14. The third-order valence-corrected chi connectivity index (χ3v) is 2.16. The molecule has 0 spiro atoms. The Bertz CT molecular complexity index is 355. The molecule has 88 valence electrons. The van der Waals surface area contributed by atoms with Crippen LogP contribution in [-0.2, 0) is 4.79 Å². The highest BCUT2D eigenvalue weighted by Crippen LogP contribution is 2.19. The second-order valence-corrected chi connectivity index (χ2v) is 3.44. The lowest BCUT2D eigenvalue weighted by atomic mass is 10.1. The number of aromatic nitrogens is 1. The second-order valence-electron chi connectivity index (χ2n) is 3.44. The zero-order valence-electron chi connectivity index (χ0n) is 9.56. The van der Waals surface area contributed by atoms with E-state index in [9.17, 15) is 4.79 Å². The number of carbonyl (C=O) groups excluding carboxylic acids is 1. The molecule has 0 aliphatic rings. The predicted octanol–water partition coefficient (Wildman–Crippen LogP) is 1.16. The fourth-order valence-electron chi connectivity index (χ4n) is 1.32. The van der Waals surface area contributed by atoms with Crippen molar-refractivity contribution < 1.29 is 9.53 Å². The zero-order chi connectivity index (χ0) is 12.0. The number of nitrogens with zero attached hydrogens (tertiary/aromatic N) is 1. The van der Waals surface area contributed by atoms with Gasteiger partial charge in [0.15, 0.2) is 0 Å². The van der Waals surface area contributed by atoms with Crippen molar-refractivity contribution in [2.75, 3.05) is 12.4 Å². The first-order valence-electron chi connectivity index (χ1n) is 5.24. The summed E-state index contributed by atoms with van der Waals surface area (Å²) in [7, 11) is 1.50. The van der Waals surface area contributed by atoms with E-state index < -0.39 is 6.04 Å². The van der Waals surface area contributed by atoms with Crippen LogP contribution in [0.4, 0.5) is 5.69 Å². The average molecular weight is 223 g/mol. The minimum Gasteiger partial charge on any atom is -0.480 e. The van der Waals surface area contributed by atoms with Crippen LogP contribution >= 0.6 is 0 Å². The lowest BCUT2D eigenvalue weighted by Gasteiger charge is -2.12. The first kappa shape index (κ1) is 12.4. The van der Waals surface area contributed by atoms with Gasteiger partial charge in [-0.3, -0.25) is 4.79 Å². The first-order valence-corrected chi connectivity index (χ1v) is 5.24. The van der Waals surface area contributed by atoms with Gasteiger partial charge in [0, 0.05) is 6.20 Å². The van der Waals surface area contributed by atoms with Crippen molar-refractivity contribution in [2.24, 2.45) is 5.73 Å². The fourth-order valence-corrected chi connectivity index (χ4v) is 1.32. The van der Waals surface area contributed by atoms with E-state index >= 15 is 0 Å². The zero-order valence-corrected chi connectivity index (χ0v) is 9.56. The number of hydrogen-bond donors (Lipinski definition) is 2. The van der Waals surface area contributed by atoms with Crippen molar-refractivity contribution in [1.29, 1.82) is 0 Å². The summed E-state index contributed by atoms with van der Waals surface area (Å²) in [5.74, 6) is 0.174. The van der Waals surface area contributed by atoms with Crippen molar-refractivity contribution in [3.63, 3.8) is 0 Å². The molecule has 0 fully saturated rings. The minimum atomic E-state index is -0.491. The number of ether oxygens (including phenoxy) is 1. The minimum absolute atomic E-state index is 0.215.